The van der Waals surface area contributed by atoms with Crippen molar-refractivity contribution in [3.63, 3.8) is 0 Å². The van der Waals surface area contributed by atoms with Crippen molar-refractivity contribution >= 4 is 0 Å². The van der Waals surface area contributed by atoms with Gasteiger partial charge in [-0.25, -0.2) is 10.9 Å². The third-order valence-corrected chi connectivity index (χ3v) is 7.50. The lowest BCUT2D eigenvalue weighted by Gasteiger charge is -2.29. The van der Waals surface area contributed by atoms with Gasteiger partial charge in [0.05, 0.1) is 0 Å². The van der Waals surface area contributed by atoms with Crippen molar-refractivity contribution in [1.29, 1.82) is 0 Å². The summed E-state index contributed by atoms with van der Waals surface area (Å²) in [7, 11) is 0. The molecule has 1 atom stereocenters. The summed E-state index contributed by atoms with van der Waals surface area (Å²) < 4.78 is 0. The molecular weight excluding hydrogens is 404 g/mol. The van der Waals surface area contributed by atoms with Crippen LogP contribution in [0.15, 0.2) is 0 Å². The summed E-state index contributed by atoms with van der Waals surface area (Å²) in [5, 5.41) is 5.93. The lowest BCUT2D eigenvalue weighted by atomic mass is 10.00. The van der Waals surface area contributed by atoms with Crippen molar-refractivity contribution < 1.29 is 0 Å². The van der Waals surface area contributed by atoms with Crippen LogP contribution in [-0.2, 0) is 0 Å². The van der Waals surface area contributed by atoms with Crippen LogP contribution in [0.25, 0.3) is 0 Å². The maximum atomic E-state index is 3.82. The minimum absolute atomic E-state index is 0.695. The third-order valence-electron chi connectivity index (χ3n) is 7.50. The summed E-state index contributed by atoms with van der Waals surface area (Å²) in [6.45, 7) is 11.6. The number of rotatable bonds is 25. The van der Waals surface area contributed by atoms with Crippen LogP contribution in [0.2, 0.25) is 0 Å². The van der Waals surface area contributed by atoms with E-state index in [4.69, 9.17) is 0 Å². The average molecular weight is 467 g/mol. The zero-order valence-corrected chi connectivity index (χ0v) is 23.1. The van der Waals surface area contributed by atoms with E-state index in [0.29, 0.717) is 6.04 Å². The van der Waals surface area contributed by atoms with Gasteiger partial charge in [0.25, 0.3) is 0 Å². The van der Waals surface area contributed by atoms with Crippen LogP contribution in [0.4, 0.5) is 0 Å². The highest BCUT2D eigenvalue weighted by Gasteiger charge is 2.18. The van der Waals surface area contributed by atoms with Gasteiger partial charge in [-0.15, -0.1) is 0 Å². The predicted octanol–water partition coefficient (Wildman–Crippen LogP) is 7.75. The molecule has 1 fully saturated rings. The summed E-state index contributed by atoms with van der Waals surface area (Å²) in [4.78, 5) is 0. The van der Waals surface area contributed by atoms with Crippen LogP contribution in [0.5, 0.6) is 0 Å². The molecule has 0 aromatic carbocycles. The third kappa shape index (κ3) is 18.8. The zero-order chi connectivity index (χ0) is 23.8. The van der Waals surface area contributed by atoms with Gasteiger partial charge in [-0.2, -0.15) is 5.12 Å². The second kappa shape index (κ2) is 23.6. The lowest BCUT2D eigenvalue weighted by molar-refractivity contribution is 0.0789. The Balaban J connectivity index is 2.03. The second-order valence-corrected chi connectivity index (χ2v) is 10.7. The molecule has 1 unspecified atom stereocenters. The Morgan fingerprint density at radius 3 is 1.88 bits per heavy atom. The van der Waals surface area contributed by atoms with Crippen LogP contribution in [-0.4, -0.2) is 37.3 Å². The van der Waals surface area contributed by atoms with Gasteiger partial charge in [-0.05, 0) is 57.5 Å². The molecule has 0 spiro atoms. The molecule has 0 aromatic heterocycles. The fraction of sp³-hybridized carbons (Fsp3) is 1.00. The number of hydrogen-bond donors (Lipinski definition) is 3. The molecule has 3 N–H and O–H groups in total. The summed E-state index contributed by atoms with van der Waals surface area (Å²) in [5.74, 6) is 0.815. The highest BCUT2D eigenvalue weighted by Crippen LogP contribution is 2.18. The van der Waals surface area contributed by atoms with Gasteiger partial charge in [0.15, 0.2) is 0 Å². The maximum Gasteiger partial charge on any atom is 0.0288 e. The van der Waals surface area contributed by atoms with Gasteiger partial charge in [0.1, 0.15) is 0 Å². The Kier molecular flexibility index (Phi) is 22.1. The number of hydrazine groups is 2. The summed E-state index contributed by atoms with van der Waals surface area (Å²) >= 11 is 0. The molecule has 0 amide bonds. The topological polar surface area (TPSA) is 39.3 Å². The number of nitrogens with one attached hydrogen (secondary N) is 3. The summed E-state index contributed by atoms with van der Waals surface area (Å²) in [6.07, 6.45) is 27.5. The highest BCUT2D eigenvalue weighted by molar-refractivity contribution is 4.72. The Morgan fingerprint density at radius 2 is 1.27 bits per heavy atom. The molecule has 0 saturated heterocycles. The van der Waals surface area contributed by atoms with E-state index in [1.54, 1.807) is 0 Å². The smallest absolute Gasteiger partial charge is 0.0288 e. The van der Waals surface area contributed by atoms with Crippen molar-refractivity contribution in [2.75, 3.05) is 26.2 Å². The first-order chi connectivity index (χ1) is 16.3. The number of hydrogen-bond acceptors (Lipinski definition) is 4. The van der Waals surface area contributed by atoms with E-state index in [9.17, 15) is 0 Å². The van der Waals surface area contributed by atoms with E-state index in [0.717, 1.165) is 19.0 Å². The first-order valence-electron chi connectivity index (χ1n) is 15.3. The molecule has 4 heteroatoms. The van der Waals surface area contributed by atoms with E-state index >= 15 is 0 Å². The molecule has 1 rings (SSSR count). The van der Waals surface area contributed by atoms with Crippen LogP contribution >= 0.6 is 0 Å². The summed E-state index contributed by atoms with van der Waals surface area (Å²) in [6, 6.07) is 0.695. The molecule has 198 valence electrons. The van der Waals surface area contributed by atoms with E-state index in [1.807, 2.05) is 0 Å². The molecule has 33 heavy (non-hydrogen) atoms. The fourth-order valence-corrected chi connectivity index (χ4v) is 5.01. The minimum Gasteiger partial charge on any atom is -0.317 e. The largest absolute Gasteiger partial charge is 0.317 e. The molecule has 1 aliphatic rings. The van der Waals surface area contributed by atoms with E-state index in [-0.39, 0.29) is 0 Å². The molecule has 1 saturated carbocycles. The van der Waals surface area contributed by atoms with Crippen LogP contribution in [0.3, 0.4) is 0 Å². The van der Waals surface area contributed by atoms with Crippen LogP contribution in [0, 0.1) is 5.92 Å². The lowest BCUT2D eigenvalue weighted by Crippen LogP contribution is -2.53. The van der Waals surface area contributed by atoms with Crippen molar-refractivity contribution in [3.8, 4) is 0 Å². The molecule has 0 aromatic rings. The first kappa shape index (κ1) is 30.9. The fourth-order valence-electron chi connectivity index (χ4n) is 5.01. The first-order valence-corrected chi connectivity index (χ1v) is 15.3. The Hall–Kier alpha value is -0.160. The Bertz CT molecular complexity index is 384. The Morgan fingerprint density at radius 1 is 0.697 bits per heavy atom. The van der Waals surface area contributed by atoms with Gasteiger partial charge >= 0.3 is 0 Å². The van der Waals surface area contributed by atoms with Crippen molar-refractivity contribution in [2.24, 2.45) is 5.92 Å². The zero-order valence-electron chi connectivity index (χ0n) is 23.1. The van der Waals surface area contributed by atoms with E-state index < -0.39 is 0 Å². The Labute approximate surface area is 208 Å². The molecule has 0 aliphatic heterocycles. The molecule has 1 aliphatic carbocycles. The van der Waals surface area contributed by atoms with E-state index in [1.165, 1.54) is 142 Å². The number of unbranched alkanes of at least 4 members (excludes halogenated alkanes) is 11. The quantitative estimate of drug-likeness (QED) is 0.0950. The SMILES string of the molecule is CCCCNCCCCCCCCCCCCN(NCC(CC)CCCC)NC1CCCC1. The molecular formula is C29H62N4. The second-order valence-electron chi connectivity index (χ2n) is 10.7. The predicted molar refractivity (Wildman–Crippen MR) is 147 cm³/mol. The highest BCUT2D eigenvalue weighted by atomic mass is 15.7. The molecule has 0 bridgehead atoms. The maximum absolute atomic E-state index is 3.82. The summed E-state index contributed by atoms with van der Waals surface area (Å²) in [5.41, 5.74) is 7.59. The minimum atomic E-state index is 0.695. The van der Waals surface area contributed by atoms with Gasteiger partial charge < -0.3 is 5.32 Å². The van der Waals surface area contributed by atoms with Gasteiger partial charge in [-0.1, -0.05) is 111 Å². The van der Waals surface area contributed by atoms with Crippen molar-refractivity contribution in [1.82, 2.24) is 21.3 Å². The van der Waals surface area contributed by atoms with Gasteiger partial charge in [-0.3, -0.25) is 0 Å². The van der Waals surface area contributed by atoms with Crippen LogP contribution in [0.1, 0.15) is 149 Å². The van der Waals surface area contributed by atoms with Gasteiger partial charge in [0.2, 0.25) is 0 Å². The number of nitrogens with zero attached hydrogens (tertiary/aromatic N) is 1. The molecule has 4 nitrogen and oxygen atoms in total. The standard InChI is InChI=1S/C29H62N4/c1-4-7-21-28(6-3)27-31-33(32-29-22-17-18-23-29)26-20-16-14-12-10-9-11-13-15-19-25-30-24-8-5-2/h28-32H,4-27H2,1-3H3. The van der Waals surface area contributed by atoms with Crippen molar-refractivity contribution in [3.05, 3.63) is 0 Å². The van der Waals surface area contributed by atoms with Crippen LogP contribution < -0.4 is 16.2 Å². The normalized spacial score (nSPS) is 15.6. The van der Waals surface area contributed by atoms with Gasteiger partial charge in [0, 0.05) is 19.1 Å². The van der Waals surface area contributed by atoms with Crippen molar-refractivity contribution in [2.45, 2.75) is 155 Å². The van der Waals surface area contributed by atoms with E-state index in [2.05, 4.69) is 42.1 Å². The molecule has 0 heterocycles. The average Bonchev–Trinajstić information content (AvgIpc) is 3.34. The molecule has 0 radical (unpaired) electrons. The monoisotopic (exact) mass is 466 g/mol.